The number of hydrogen-bond acceptors (Lipinski definition) is 3. The summed E-state index contributed by atoms with van der Waals surface area (Å²) in [5.74, 6) is 0.215. The van der Waals surface area contributed by atoms with E-state index in [1.165, 1.54) is 12.1 Å². The van der Waals surface area contributed by atoms with Gasteiger partial charge in [-0.2, -0.15) is 0 Å². The Balaban J connectivity index is 1.38. The van der Waals surface area contributed by atoms with Crippen molar-refractivity contribution in [3.63, 3.8) is 0 Å². The molecule has 7 heteroatoms. The largest absolute Gasteiger partial charge is 0.573 e. The predicted octanol–water partition coefficient (Wildman–Crippen LogP) is 7.24. The molecule has 3 aromatic carbocycles. The Morgan fingerprint density at radius 2 is 1.49 bits per heavy atom. The summed E-state index contributed by atoms with van der Waals surface area (Å²) >= 11 is 0. The van der Waals surface area contributed by atoms with Crippen molar-refractivity contribution in [3.8, 4) is 11.5 Å². The first-order chi connectivity index (χ1) is 16.8. The van der Waals surface area contributed by atoms with Crippen molar-refractivity contribution in [2.75, 3.05) is 6.61 Å². The van der Waals surface area contributed by atoms with Gasteiger partial charge < -0.3 is 9.47 Å². The smallest absolute Gasteiger partial charge is 0.492 e. The summed E-state index contributed by atoms with van der Waals surface area (Å²) in [5.41, 5.74) is 3.44. The first-order valence-corrected chi connectivity index (χ1v) is 11.4. The van der Waals surface area contributed by atoms with Gasteiger partial charge in [-0.25, -0.2) is 4.39 Å². The van der Waals surface area contributed by atoms with Crippen molar-refractivity contribution in [3.05, 3.63) is 101 Å². The first-order valence-electron chi connectivity index (χ1n) is 11.4. The topological polar surface area (TPSA) is 31.4 Å². The van der Waals surface area contributed by atoms with Crippen LogP contribution in [0.5, 0.6) is 11.5 Å². The van der Waals surface area contributed by atoms with E-state index in [4.69, 9.17) is 4.74 Å². The van der Waals surface area contributed by atoms with Gasteiger partial charge in [0, 0.05) is 11.1 Å². The van der Waals surface area contributed by atoms with Crippen LogP contribution in [0.2, 0.25) is 0 Å². The zero-order chi connectivity index (χ0) is 24.8. The molecule has 0 atom stereocenters. The van der Waals surface area contributed by atoms with E-state index >= 15 is 4.39 Å². The standard InChI is InChI=1S/C28H25F4NO2/c1-2-34-25-15-12-23(33-18-25)11-4-20-7-16-26-22(17-20)10-9-21(27(26)29)8-3-19-5-13-24(14-6-19)35-28(30,31)32/h5-7,9-10,12-18H,2-4,8,11H2,1H3. The molecule has 4 rings (SSSR count). The third kappa shape index (κ3) is 6.72. The van der Waals surface area contributed by atoms with E-state index in [0.717, 1.165) is 40.8 Å². The fourth-order valence-electron chi connectivity index (χ4n) is 3.96. The lowest BCUT2D eigenvalue weighted by Gasteiger charge is -2.10. The van der Waals surface area contributed by atoms with Gasteiger partial charge in [-0.1, -0.05) is 42.5 Å². The van der Waals surface area contributed by atoms with Crippen LogP contribution in [0.3, 0.4) is 0 Å². The summed E-state index contributed by atoms with van der Waals surface area (Å²) in [5, 5.41) is 1.39. The zero-order valence-corrected chi connectivity index (χ0v) is 19.2. The molecule has 0 amide bonds. The van der Waals surface area contributed by atoms with Crippen LogP contribution < -0.4 is 9.47 Å². The second kappa shape index (κ2) is 10.8. The van der Waals surface area contributed by atoms with Gasteiger partial charge >= 0.3 is 6.36 Å². The summed E-state index contributed by atoms with van der Waals surface area (Å²) in [7, 11) is 0. The summed E-state index contributed by atoms with van der Waals surface area (Å²) in [4.78, 5) is 4.42. The van der Waals surface area contributed by atoms with Crippen molar-refractivity contribution in [2.24, 2.45) is 0 Å². The summed E-state index contributed by atoms with van der Waals surface area (Å²) < 4.78 is 61.3. The normalized spacial score (nSPS) is 11.6. The molecule has 3 nitrogen and oxygen atoms in total. The minimum Gasteiger partial charge on any atom is -0.492 e. The van der Waals surface area contributed by atoms with E-state index in [2.05, 4.69) is 9.72 Å². The molecular weight excluding hydrogens is 458 g/mol. The SMILES string of the molecule is CCOc1ccc(CCc2ccc3c(F)c(CCc4ccc(OC(F)(F)F)cc4)ccc3c2)nc1. The number of aryl methyl sites for hydroxylation is 4. The third-order valence-corrected chi connectivity index (χ3v) is 5.72. The van der Waals surface area contributed by atoms with Gasteiger partial charge in [0.15, 0.2) is 0 Å². The van der Waals surface area contributed by atoms with Crippen LogP contribution in [0.1, 0.15) is 29.3 Å². The maximum atomic E-state index is 15.1. The number of halogens is 4. The molecular formula is C28H25F4NO2. The van der Waals surface area contributed by atoms with E-state index in [9.17, 15) is 13.2 Å². The summed E-state index contributed by atoms with van der Waals surface area (Å²) in [6.07, 6.45) is -0.503. The van der Waals surface area contributed by atoms with Gasteiger partial charge in [0.25, 0.3) is 0 Å². The van der Waals surface area contributed by atoms with Crippen molar-refractivity contribution in [1.29, 1.82) is 0 Å². The Kier molecular flexibility index (Phi) is 7.54. The van der Waals surface area contributed by atoms with Gasteiger partial charge in [-0.15, -0.1) is 13.2 Å². The first kappa shape index (κ1) is 24.5. The average Bonchev–Trinajstić information content (AvgIpc) is 2.83. The summed E-state index contributed by atoms with van der Waals surface area (Å²) in [6, 6.07) is 18.9. The van der Waals surface area contributed by atoms with Crippen molar-refractivity contribution in [2.45, 2.75) is 39.0 Å². The maximum absolute atomic E-state index is 15.1. The van der Waals surface area contributed by atoms with Crippen LogP contribution in [0.25, 0.3) is 10.8 Å². The molecule has 0 aliphatic rings. The predicted molar refractivity (Wildman–Crippen MR) is 127 cm³/mol. The number of fused-ring (bicyclic) bond motifs is 1. The lowest BCUT2D eigenvalue weighted by atomic mass is 9.98. The molecule has 0 radical (unpaired) electrons. The second-order valence-corrected chi connectivity index (χ2v) is 8.20. The van der Waals surface area contributed by atoms with Crippen LogP contribution >= 0.6 is 0 Å². The molecule has 0 fully saturated rings. The Morgan fingerprint density at radius 3 is 2.17 bits per heavy atom. The van der Waals surface area contributed by atoms with Gasteiger partial charge in [-0.05, 0) is 78.9 Å². The van der Waals surface area contributed by atoms with E-state index < -0.39 is 6.36 Å². The Hall–Kier alpha value is -3.61. The van der Waals surface area contributed by atoms with Crippen LogP contribution in [0.15, 0.2) is 72.9 Å². The molecule has 182 valence electrons. The highest BCUT2D eigenvalue weighted by atomic mass is 19.4. The lowest BCUT2D eigenvalue weighted by molar-refractivity contribution is -0.274. The second-order valence-electron chi connectivity index (χ2n) is 8.20. The van der Waals surface area contributed by atoms with E-state index in [1.54, 1.807) is 30.5 Å². The summed E-state index contributed by atoms with van der Waals surface area (Å²) in [6.45, 7) is 2.53. The molecule has 0 bridgehead atoms. The van der Waals surface area contributed by atoms with Crippen molar-refractivity contribution < 1.29 is 27.0 Å². The molecule has 0 N–H and O–H groups in total. The molecule has 1 aromatic heterocycles. The number of rotatable bonds is 9. The molecule has 0 aliphatic heterocycles. The number of alkyl halides is 3. The average molecular weight is 484 g/mol. The van der Waals surface area contributed by atoms with E-state index in [0.29, 0.717) is 30.4 Å². The highest BCUT2D eigenvalue weighted by molar-refractivity contribution is 5.84. The van der Waals surface area contributed by atoms with Crippen LogP contribution in [-0.2, 0) is 25.7 Å². The molecule has 0 spiro atoms. The molecule has 0 saturated carbocycles. The zero-order valence-electron chi connectivity index (χ0n) is 19.2. The minimum atomic E-state index is -4.72. The van der Waals surface area contributed by atoms with Gasteiger partial charge in [-0.3, -0.25) is 4.98 Å². The third-order valence-electron chi connectivity index (χ3n) is 5.72. The number of benzene rings is 3. The molecule has 1 heterocycles. The molecule has 0 saturated heterocycles. The molecule has 0 aliphatic carbocycles. The van der Waals surface area contributed by atoms with E-state index in [1.807, 2.05) is 37.3 Å². The van der Waals surface area contributed by atoms with Crippen molar-refractivity contribution in [1.82, 2.24) is 4.98 Å². The Labute approximate surface area is 201 Å². The Bertz CT molecular complexity index is 1270. The van der Waals surface area contributed by atoms with Crippen LogP contribution in [0, 0.1) is 5.82 Å². The molecule has 0 unspecified atom stereocenters. The van der Waals surface area contributed by atoms with Gasteiger partial charge in [0.2, 0.25) is 0 Å². The van der Waals surface area contributed by atoms with Crippen LogP contribution in [-0.4, -0.2) is 18.0 Å². The highest BCUT2D eigenvalue weighted by Gasteiger charge is 2.30. The number of aromatic nitrogens is 1. The number of hydrogen-bond donors (Lipinski definition) is 0. The maximum Gasteiger partial charge on any atom is 0.573 e. The highest BCUT2D eigenvalue weighted by Crippen LogP contribution is 2.26. The minimum absolute atomic E-state index is 0.265. The Morgan fingerprint density at radius 1 is 0.771 bits per heavy atom. The van der Waals surface area contributed by atoms with E-state index in [-0.39, 0.29) is 11.6 Å². The van der Waals surface area contributed by atoms with Gasteiger partial charge in [0.05, 0.1) is 12.8 Å². The quantitative estimate of drug-likeness (QED) is 0.235. The number of ether oxygens (including phenoxy) is 2. The number of pyridine rings is 1. The van der Waals surface area contributed by atoms with Crippen molar-refractivity contribution >= 4 is 10.8 Å². The lowest BCUT2D eigenvalue weighted by Crippen LogP contribution is -2.17. The molecule has 4 aromatic rings. The fraction of sp³-hybridized carbons (Fsp3) is 0.250. The van der Waals surface area contributed by atoms with Gasteiger partial charge in [0.1, 0.15) is 17.3 Å². The monoisotopic (exact) mass is 483 g/mol. The van der Waals surface area contributed by atoms with Crippen LogP contribution in [0.4, 0.5) is 17.6 Å². The molecule has 35 heavy (non-hydrogen) atoms. The fourth-order valence-corrected chi connectivity index (χ4v) is 3.96. The number of nitrogens with zero attached hydrogens (tertiary/aromatic N) is 1.